The van der Waals surface area contributed by atoms with Gasteiger partial charge in [-0.2, -0.15) is 0 Å². The van der Waals surface area contributed by atoms with Crippen LogP contribution in [0.5, 0.6) is 0 Å². The molecule has 1 N–H and O–H groups in total. The summed E-state index contributed by atoms with van der Waals surface area (Å²) in [6.45, 7) is 4.37. The molecule has 0 radical (unpaired) electrons. The summed E-state index contributed by atoms with van der Waals surface area (Å²) in [6, 6.07) is 3.99. The molecule has 1 aromatic heterocycles. The molecule has 1 atom stereocenters. The number of hydrogen-bond acceptors (Lipinski definition) is 4. The molecule has 0 aromatic carbocycles. The molecular weight excluding hydrogens is 342 g/mol. The molecule has 146 valence electrons. The highest BCUT2D eigenvalue weighted by Crippen LogP contribution is 2.45. The van der Waals surface area contributed by atoms with Crippen molar-refractivity contribution in [2.24, 2.45) is 11.3 Å². The van der Waals surface area contributed by atoms with Gasteiger partial charge < -0.3 is 15.0 Å². The summed E-state index contributed by atoms with van der Waals surface area (Å²) in [4.78, 5) is 32.3. The maximum atomic E-state index is 13.1. The van der Waals surface area contributed by atoms with Crippen LogP contribution >= 0.6 is 0 Å². The largest absolute Gasteiger partial charge is 0.381 e. The zero-order valence-corrected chi connectivity index (χ0v) is 16.1. The third-order valence-electron chi connectivity index (χ3n) is 6.60. The lowest BCUT2D eigenvalue weighted by Gasteiger charge is -2.37. The molecule has 1 unspecified atom stereocenters. The van der Waals surface area contributed by atoms with E-state index in [1.165, 1.54) is 12.8 Å². The number of ether oxygens (including phenoxy) is 1. The van der Waals surface area contributed by atoms with Crippen LogP contribution < -0.4 is 5.32 Å². The average molecular weight is 371 g/mol. The van der Waals surface area contributed by atoms with E-state index in [0.717, 1.165) is 31.4 Å². The highest BCUT2D eigenvalue weighted by Gasteiger charge is 2.52. The molecule has 4 rings (SSSR count). The lowest BCUT2D eigenvalue weighted by atomic mass is 9.71. The second-order valence-electron chi connectivity index (χ2n) is 8.39. The van der Waals surface area contributed by atoms with Crippen LogP contribution in [0.2, 0.25) is 0 Å². The molecule has 1 saturated carbocycles. The summed E-state index contributed by atoms with van der Waals surface area (Å²) in [5.74, 6) is -0.0463. The standard InChI is InChI=1S/C21H29N3O3/c1-15-6-7-16(12-22-15)20(26)24-13-18(19(25)23-17-4-2-3-5-17)21(14-24)8-10-27-11-9-21/h6-7,12,17-18H,2-5,8-11,13-14H2,1H3,(H,23,25). The lowest BCUT2D eigenvalue weighted by molar-refractivity contribution is -0.130. The van der Waals surface area contributed by atoms with E-state index in [2.05, 4.69) is 10.3 Å². The number of pyridine rings is 1. The number of aromatic nitrogens is 1. The van der Waals surface area contributed by atoms with Gasteiger partial charge >= 0.3 is 0 Å². The van der Waals surface area contributed by atoms with Crippen molar-refractivity contribution in [2.75, 3.05) is 26.3 Å². The first kappa shape index (κ1) is 18.4. The Bertz CT molecular complexity index is 691. The fourth-order valence-corrected chi connectivity index (χ4v) is 4.92. The van der Waals surface area contributed by atoms with Crippen LogP contribution in [0.15, 0.2) is 18.3 Å². The fraction of sp³-hybridized carbons (Fsp3) is 0.667. The first-order valence-corrected chi connectivity index (χ1v) is 10.2. The first-order valence-electron chi connectivity index (χ1n) is 10.2. The van der Waals surface area contributed by atoms with Gasteiger partial charge in [-0.3, -0.25) is 14.6 Å². The van der Waals surface area contributed by atoms with Gasteiger partial charge in [-0.05, 0) is 44.7 Å². The maximum absolute atomic E-state index is 13.1. The van der Waals surface area contributed by atoms with Crippen molar-refractivity contribution in [1.29, 1.82) is 0 Å². The number of rotatable bonds is 3. The molecule has 2 aliphatic heterocycles. The zero-order chi connectivity index (χ0) is 18.9. The van der Waals surface area contributed by atoms with E-state index in [0.29, 0.717) is 37.9 Å². The van der Waals surface area contributed by atoms with Gasteiger partial charge in [-0.1, -0.05) is 12.8 Å². The number of likely N-dealkylation sites (tertiary alicyclic amines) is 1. The van der Waals surface area contributed by atoms with Crippen LogP contribution in [0, 0.1) is 18.3 Å². The molecule has 3 heterocycles. The lowest BCUT2D eigenvalue weighted by Crippen LogP contribution is -2.46. The van der Waals surface area contributed by atoms with Crippen molar-refractivity contribution in [1.82, 2.24) is 15.2 Å². The van der Waals surface area contributed by atoms with E-state index < -0.39 is 0 Å². The van der Waals surface area contributed by atoms with Gasteiger partial charge in [0.25, 0.3) is 5.91 Å². The van der Waals surface area contributed by atoms with Gasteiger partial charge in [0.1, 0.15) is 0 Å². The quantitative estimate of drug-likeness (QED) is 0.885. The molecule has 0 bridgehead atoms. The molecule has 3 fully saturated rings. The summed E-state index contributed by atoms with van der Waals surface area (Å²) >= 11 is 0. The Morgan fingerprint density at radius 3 is 2.63 bits per heavy atom. The summed E-state index contributed by atoms with van der Waals surface area (Å²) < 4.78 is 5.57. The minimum atomic E-state index is -0.158. The summed E-state index contributed by atoms with van der Waals surface area (Å²) in [5, 5.41) is 3.27. The predicted molar refractivity (Wildman–Crippen MR) is 101 cm³/mol. The molecule has 6 nitrogen and oxygen atoms in total. The third-order valence-corrected chi connectivity index (χ3v) is 6.60. The second kappa shape index (κ2) is 7.58. The van der Waals surface area contributed by atoms with E-state index in [-0.39, 0.29) is 23.1 Å². The highest BCUT2D eigenvalue weighted by molar-refractivity contribution is 5.95. The van der Waals surface area contributed by atoms with Crippen LogP contribution in [-0.4, -0.2) is 54.0 Å². The van der Waals surface area contributed by atoms with Gasteiger partial charge in [0.2, 0.25) is 5.91 Å². The van der Waals surface area contributed by atoms with Crippen molar-refractivity contribution in [3.8, 4) is 0 Å². The fourth-order valence-electron chi connectivity index (χ4n) is 4.92. The summed E-state index contributed by atoms with van der Waals surface area (Å²) in [5.41, 5.74) is 1.33. The van der Waals surface area contributed by atoms with Crippen LogP contribution in [0.25, 0.3) is 0 Å². The molecule has 1 spiro atoms. The number of amides is 2. The molecule has 6 heteroatoms. The monoisotopic (exact) mass is 371 g/mol. The summed E-state index contributed by atoms with van der Waals surface area (Å²) in [7, 11) is 0. The SMILES string of the molecule is Cc1ccc(C(=O)N2CC(C(=O)NC3CCCC3)C3(CCOCC3)C2)cn1. The number of carbonyl (C=O) groups excluding carboxylic acids is 2. The van der Waals surface area contributed by atoms with Gasteiger partial charge in [0.05, 0.1) is 11.5 Å². The molecule has 3 aliphatic rings. The van der Waals surface area contributed by atoms with Crippen LogP contribution in [0.1, 0.15) is 54.6 Å². The van der Waals surface area contributed by atoms with Crippen LogP contribution in [0.3, 0.4) is 0 Å². The van der Waals surface area contributed by atoms with Crippen molar-refractivity contribution in [2.45, 2.75) is 51.5 Å². The predicted octanol–water partition coefficient (Wildman–Crippen LogP) is 2.32. The minimum absolute atomic E-state index is 0.0236. The van der Waals surface area contributed by atoms with E-state index in [1.54, 1.807) is 6.20 Å². The maximum Gasteiger partial charge on any atom is 0.255 e. The second-order valence-corrected chi connectivity index (χ2v) is 8.39. The molecule has 2 amide bonds. The first-order chi connectivity index (χ1) is 13.1. The van der Waals surface area contributed by atoms with Gasteiger partial charge in [-0.15, -0.1) is 0 Å². The number of nitrogens with one attached hydrogen (secondary N) is 1. The third kappa shape index (κ3) is 3.72. The molecule has 1 aromatic rings. The topological polar surface area (TPSA) is 71.5 Å². The summed E-state index contributed by atoms with van der Waals surface area (Å²) in [6.07, 6.45) is 7.86. The van der Waals surface area contributed by atoms with Gasteiger partial charge in [0.15, 0.2) is 0 Å². The van der Waals surface area contributed by atoms with Gasteiger partial charge in [0, 0.05) is 49.7 Å². The van der Waals surface area contributed by atoms with Crippen molar-refractivity contribution in [3.63, 3.8) is 0 Å². The average Bonchev–Trinajstić information content (AvgIpc) is 3.31. The zero-order valence-electron chi connectivity index (χ0n) is 16.1. The van der Waals surface area contributed by atoms with Crippen LogP contribution in [-0.2, 0) is 9.53 Å². The van der Waals surface area contributed by atoms with E-state index in [4.69, 9.17) is 4.74 Å². The van der Waals surface area contributed by atoms with Crippen LogP contribution in [0.4, 0.5) is 0 Å². The number of aryl methyl sites for hydroxylation is 1. The Balaban J connectivity index is 1.52. The van der Waals surface area contributed by atoms with E-state index >= 15 is 0 Å². The van der Waals surface area contributed by atoms with Crippen molar-refractivity contribution >= 4 is 11.8 Å². The Morgan fingerprint density at radius 2 is 1.96 bits per heavy atom. The number of hydrogen-bond donors (Lipinski definition) is 1. The molecular formula is C21H29N3O3. The Kier molecular flexibility index (Phi) is 5.17. The Hall–Kier alpha value is -1.95. The van der Waals surface area contributed by atoms with E-state index in [9.17, 15) is 9.59 Å². The normalized spacial score (nSPS) is 25.1. The smallest absolute Gasteiger partial charge is 0.255 e. The number of carbonyl (C=O) groups is 2. The molecule has 27 heavy (non-hydrogen) atoms. The van der Waals surface area contributed by atoms with Gasteiger partial charge in [-0.25, -0.2) is 0 Å². The minimum Gasteiger partial charge on any atom is -0.381 e. The van der Waals surface area contributed by atoms with Crippen molar-refractivity contribution in [3.05, 3.63) is 29.6 Å². The Morgan fingerprint density at radius 1 is 1.22 bits per heavy atom. The van der Waals surface area contributed by atoms with Crippen molar-refractivity contribution < 1.29 is 14.3 Å². The highest BCUT2D eigenvalue weighted by atomic mass is 16.5. The molecule has 1 aliphatic carbocycles. The Labute approximate surface area is 160 Å². The number of nitrogens with zero attached hydrogens (tertiary/aromatic N) is 2. The molecule has 2 saturated heterocycles. The van der Waals surface area contributed by atoms with E-state index in [1.807, 2.05) is 24.0 Å².